The van der Waals surface area contributed by atoms with Gasteiger partial charge in [0.2, 0.25) is 5.95 Å². The monoisotopic (exact) mass is 226 g/mol. The molecule has 1 heterocycles. The Kier molecular flexibility index (Phi) is 2.58. The highest BCUT2D eigenvalue weighted by molar-refractivity contribution is 7.71. The minimum Gasteiger partial charge on any atom is -0.368 e. The molecule has 0 bridgehead atoms. The number of nitrogens with two attached hydrogens (primary N) is 1. The molecule has 4 nitrogen and oxygen atoms in total. The number of nitrogens with zero attached hydrogens (tertiary/aromatic N) is 2. The Morgan fingerprint density at radius 3 is 2.80 bits per heavy atom. The van der Waals surface area contributed by atoms with E-state index in [1.165, 1.54) is 19.3 Å². The van der Waals surface area contributed by atoms with Crippen molar-refractivity contribution in [3.05, 3.63) is 4.77 Å². The molecule has 1 aromatic heterocycles. The van der Waals surface area contributed by atoms with Gasteiger partial charge in [-0.2, -0.15) is 0 Å². The molecule has 1 fully saturated rings. The molecule has 1 saturated carbocycles. The predicted octanol–water partition coefficient (Wildman–Crippen LogP) is 2.66. The number of rotatable bonds is 1. The SMILES string of the molecule is CC1(C)CCCCC1n1c(N)n[nH]c1=S. The van der Waals surface area contributed by atoms with Gasteiger partial charge in [0.25, 0.3) is 0 Å². The van der Waals surface area contributed by atoms with E-state index in [1.807, 2.05) is 4.57 Å². The zero-order valence-corrected chi connectivity index (χ0v) is 10.1. The highest BCUT2D eigenvalue weighted by Gasteiger charge is 2.34. The summed E-state index contributed by atoms with van der Waals surface area (Å²) in [7, 11) is 0. The van der Waals surface area contributed by atoms with Crippen molar-refractivity contribution < 1.29 is 0 Å². The van der Waals surface area contributed by atoms with Gasteiger partial charge >= 0.3 is 0 Å². The lowest BCUT2D eigenvalue weighted by Gasteiger charge is -2.39. The number of hydrogen-bond acceptors (Lipinski definition) is 3. The molecule has 2 rings (SSSR count). The van der Waals surface area contributed by atoms with Crippen LogP contribution in [0.1, 0.15) is 45.6 Å². The van der Waals surface area contributed by atoms with Gasteiger partial charge in [0.05, 0.1) is 0 Å². The number of aromatic nitrogens is 3. The van der Waals surface area contributed by atoms with Crippen LogP contribution in [-0.2, 0) is 0 Å². The molecule has 1 aliphatic carbocycles. The Balaban J connectivity index is 2.41. The van der Waals surface area contributed by atoms with Crippen molar-refractivity contribution in [3.63, 3.8) is 0 Å². The minimum atomic E-state index is 0.258. The highest BCUT2D eigenvalue weighted by Crippen LogP contribution is 2.44. The lowest BCUT2D eigenvalue weighted by molar-refractivity contribution is 0.144. The number of H-pyrrole nitrogens is 1. The Morgan fingerprint density at radius 1 is 1.53 bits per heavy atom. The Bertz CT molecular complexity index is 404. The molecule has 1 aromatic rings. The molecule has 15 heavy (non-hydrogen) atoms. The van der Waals surface area contributed by atoms with Gasteiger partial charge in [-0.05, 0) is 30.5 Å². The number of nitrogen functional groups attached to an aromatic ring is 1. The van der Waals surface area contributed by atoms with Crippen LogP contribution in [0.15, 0.2) is 0 Å². The summed E-state index contributed by atoms with van der Waals surface area (Å²) in [5, 5.41) is 6.74. The Hall–Kier alpha value is -0.840. The number of nitrogens with one attached hydrogen (secondary N) is 1. The van der Waals surface area contributed by atoms with Gasteiger partial charge in [-0.3, -0.25) is 4.57 Å². The molecule has 1 atom stereocenters. The first kappa shape index (κ1) is 10.7. The fourth-order valence-corrected chi connectivity index (χ4v) is 2.84. The van der Waals surface area contributed by atoms with Crippen LogP contribution in [-0.4, -0.2) is 14.8 Å². The maximum atomic E-state index is 5.85. The van der Waals surface area contributed by atoms with E-state index < -0.39 is 0 Å². The topological polar surface area (TPSA) is 59.6 Å². The molecule has 3 N–H and O–H groups in total. The fourth-order valence-electron chi connectivity index (χ4n) is 2.57. The smallest absolute Gasteiger partial charge is 0.220 e. The maximum Gasteiger partial charge on any atom is 0.220 e. The molecule has 0 aromatic carbocycles. The first-order valence-corrected chi connectivity index (χ1v) is 5.85. The van der Waals surface area contributed by atoms with Crippen LogP contribution in [0, 0.1) is 10.2 Å². The van der Waals surface area contributed by atoms with Crippen LogP contribution in [0.4, 0.5) is 5.95 Å². The lowest BCUT2D eigenvalue weighted by Crippen LogP contribution is -2.31. The third-order valence-corrected chi connectivity index (χ3v) is 3.78. The van der Waals surface area contributed by atoms with Gasteiger partial charge in [-0.1, -0.05) is 26.7 Å². The van der Waals surface area contributed by atoms with E-state index in [1.54, 1.807) is 0 Å². The minimum absolute atomic E-state index is 0.258. The number of anilines is 1. The van der Waals surface area contributed by atoms with E-state index in [0.717, 1.165) is 6.42 Å². The average molecular weight is 226 g/mol. The summed E-state index contributed by atoms with van der Waals surface area (Å²) in [6, 6.07) is 0.387. The van der Waals surface area contributed by atoms with Crippen LogP contribution < -0.4 is 5.73 Å². The first-order valence-electron chi connectivity index (χ1n) is 5.45. The standard InChI is InChI=1S/C10H18N4S/c1-10(2)6-4-3-5-7(10)14-8(11)12-13-9(14)15/h7H,3-6H2,1-2H3,(H2,11,12)(H,13,15). The van der Waals surface area contributed by atoms with Crippen molar-refractivity contribution in [1.29, 1.82) is 0 Å². The summed E-state index contributed by atoms with van der Waals surface area (Å²) < 4.78 is 2.63. The molecule has 0 saturated heterocycles. The second-order valence-corrected chi connectivity index (χ2v) is 5.39. The van der Waals surface area contributed by atoms with Crippen LogP contribution in [0.5, 0.6) is 0 Å². The Morgan fingerprint density at radius 2 is 2.27 bits per heavy atom. The van der Waals surface area contributed by atoms with Crippen molar-refractivity contribution >= 4 is 18.2 Å². The molecule has 84 valence electrons. The van der Waals surface area contributed by atoms with Gasteiger partial charge in [0.1, 0.15) is 0 Å². The third kappa shape index (κ3) is 1.80. The third-order valence-electron chi connectivity index (χ3n) is 3.49. The number of hydrogen-bond donors (Lipinski definition) is 2. The van der Waals surface area contributed by atoms with Gasteiger partial charge in [-0.25, -0.2) is 5.10 Å². The van der Waals surface area contributed by atoms with Gasteiger partial charge < -0.3 is 5.73 Å². The Labute approximate surface area is 94.9 Å². The first-order chi connectivity index (χ1) is 7.02. The molecule has 1 aliphatic rings. The van der Waals surface area contributed by atoms with E-state index in [4.69, 9.17) is 18.0 Å². The van der Waals surface area contributed by atoms with E-state index in [-0.39, 0.29) is 5.41 Å². The molecular weight excluding hydrogens is 208 g/mol. The van der Waals surface area contributed by atoms with Crippen molar-refractivity contribution in [1.82, 2.24) is 14.8 Å². The van der Waals surface area contributed by atoms with Crippen molar-refractivity contribution in [2.75, 3.05) is 5.73 Å². The molecule has 0 aliphatic heterocycles. The van der Waals surface area contributed by atoms with E-state index in [9.17, 15) is 0 Å². The lowest BCUT2D eigenvalue weighted by atomic mass is 9.73. The second-order valence-electron chi connectivity index (χ2n) is 5.01. The van der Waals surface area contributed by atoms with E-state index in [2.05, 4.69) is 24.0 Å². The van der Waals surface area contributed by atoms with E-state index in [0.29, 0.717) is 16.8 Å². The molecule has 0 radical (unpaired) electrons. The van der Waals surface area contributed by atoms with Crippen LogP contribution >= 0.6 is 12.2 Å². The molecular formula is C10H18N4S. The number of aromatic amines is 1. The largest absolute Gasteiger partial charge is 0.368 e. The summed E-state index contributed by atoms with van der Waals surface area (Å²) in [4.78, 5) is 0. The molecule has 0 spiro atoms. The van der Waals surface area contributed by atoms with Crippen LogP contribution in [0.25, 0.3) is 0 Å². The van der Waals surface area contributed by atoms with Crippen LogP contribution in [0.3, 0.4) is 0 Å². The summed E-state index contributed by atoms with van der Waals surface area (Å²) >= 11 is 5.22. The summed E-state index contributed by atoms with van der Waals surface area (Å²) in [6.45, 7) is 4.57. The quantitative estimate of drug-likeness (QED) is 0.724. The normalized spacial score (nSPS) is 25.3. The maximum absolute atomic E-state index is 5.85. The predicted molar refractivity (Wildman–Crippen MR) is 63.1 cm³/mol. The average Bonchev–Trinajstić information content (AvgIpc) is 2.47. The van der Waals surface area contributed by atoms with Gasteiger partial charge in [0, 0.05) is 6.04 Å². The zero-order valence-electron chi connectivity index (χ0n) is 9.29. The van der Waals surface area contributed by atoms with Crippen LogP contribution in [0.2, 0.25) is 0 Å². The second kappa shape index (κ2) is 3.63. The summed E-state index contributed by atoms with van der Waals surface area (Å²) in [5.74, 6) is 0.514. The fraction of sp³-hybridized carbons (Fsp3) is 0.800. The summed E-state index contributed by atoms with van der Waals surface area (Å²) in [5.41, 5.74) is 6.11. The van der Waals surface area contributed by atoms with Gasteiger partial charge in [0.15, 0.2) is 4.77 Å². The van der Waals surface area contributed by atoms with Crippen molar-refractivity contribution in [2.45, 2.75) is 45.6 Å². The molecule has 1 unspecified atom stereocenters. The summed E-state index contributed by atoms with van der Waals surface area (Å²) in [6.07, 6.45) is 4.92. The zero-order chi connectivity index (χ0) is 11.1. The van der Waals surface area contributed by atoms with E-state index >= 15 is 0 Å². The van der Waals surface area contributed by atoms with Crippen molar-refractivity contribution in [2.24, 2.45) is 5.41 Å². The highest BCUT2D eigenvalue weighted by atomic mass is 32.1. The van der Waals surface area contributed by atoms with Gasteiger partial charge in [-0.15, -0.1) is 5.10 Å². The molecule has 5 heteroatoms. The van der Waals surface area contributed by atoms with Crippen molar-refractivity contribution in [3.8, 4) is 0 Å². The molecule has 0 amide bonds.